The van der Waals surface area contributed by atoms with Crippen molar-refractivity contribution in [2.45, 2.75) is 4.90 Å². The molecule has 0 radical (unpaired) electrons. The van der Waals surface area contributed by atoms with Crippen molar-refractivity contribution in [3.05, 3.63) is 90.0 Å². The minimum Gasteiger partial charge on any atom is -0.494 e. The molecule has 0 atom stereocenters. The zero-order valence-corrected chi connectivity index (χ0v) is 15.4. The number of hydrogen-bond donors (Lipinski definition) is 3. The molecule has 0 aliphatic rings. The molecule has 6 nitrogen and oxygen atoms in total. The second-order valence-electron chi connectivity index (χ2n) is 6.19. The Morgan fingerprint density at radius 1 is 0.893 bits per heavy atom. The summed E-state index contributed by atoms with van der Waals surface area (Å²) in [7, 11) is -4.39. The molecule has 0 amide bonds. The van der Waals surface area contributed by atoms with Crippen LogP contribution in [0.15, 0.2) is 88.8 Å². The third-order valence-corrected chi connectivity index (χ3v) is 5.18. The molecular weight excluding hydrogens is 376 g/mol. The van der Waals surface area contributed by atoms with E-state index < -0.39 is 10.1 Å². The molecule has 0 fully saturated rings. The molecule has 0 aliphatic heterocycles. The molecule has 0 unspecified atom stereocenters. The summed E-state index contributed by atoms with van der Waals surface area (Å²) in [6, 6.07) is 22.6. The van der Waals surface area contributed by atoms with Crippen molar-refractivity contribution in [3.63, 3.8) is 0 Å². The van der Waals surface area contributed by atoms with Gasteiger partial charge < -0.3 is 10.1 Å². The Kier molecular flexibility index (Phi) is 4.46. The molecule has 140 valence electrons. The molecule has 3 N–H and O–H groups in total. The van der Waals surface area contributed by atoms with Crippen LogP contribution in [0, 0.1) is 0 Å². The van der Waals surface area contributed by atoms with E-state index in [1.807, 2.05) is 60.7 Å². The lowest BCUT2D eigenvalue weighted by molar-refractivity contribution is 0.457. The van der Waals surface area contributed by atoms with Gasteiger partial charge >= 0.3 is 0 Å². The number of aliphatic imine (C=N–C) groups is 1. The maximum atomic E-state index is 11.6. The quantitative estimate of drug-likeness (QED) is 0.356. The fraction of sp³-hybridized carbons (Fsp3) is 0. The minimum absolute atomic E-state index is 0.138. The van der Waals surface area contributed by atoms with Gasteiger partial charge in [0.1, 0.15) is 0 Å². The predicted molar refractivity (Wildman–Crippen MR) is 108 cm³/mol. The Morgan fingerprint density at radius 2 is 1.54 bits per heavy atom. The highest BCUT2D eigenvalue weighted by molar-refractivity contribution is 7.85. The summed E-state index contributed by atoms with van der Waals surface area (Å²) in [4.78, 5) is 7.28. The minimum atomic E-state index is -4.39. The Morgan fingerprint density at radius 3 is 2.18 bits per heavy atom. The molecule has 1 aromatic heterocycles. The van der Waals surface area contributed by atoms with E-state index in [1.54, 1.807) is 0 Å². The van der Waals surface area contributed by atoms with Crippen molar-refractivity contribution in [2.75, 3.05) is 0 Å². The number of fused-ring (bicyclic) bond motifs is 1. The van der Waals surface area contributed by atoms with Crippen LogP contribution in [0.3, 0.4) is 0 Å². The van der Waals surface area contributed by atoms with Crippen LogP contribution in [0.2, 0.25) is 0 Å². The summed E-state index contributed by atoms with van der Waals surface area (Å²) in [6.07, 6.45) is 0. The van der Waals surface area contributed by atoms with Crippen molar-refractivity contribution in [3.8, 4) is 5.88 Å². The lowest BCUT2D eigenvalue weighted by Crippen LogP contribution is -2.03. The summed E-state index contributed by atoms with van der Waals surface area (Å²) in [5, 5.41) is 11.0. The van der Waals surface area contributed by atoms with E-state index in [4.69, 9.17) is 4.99 Å². The van der Waals surface area contributed by atoms with E-state index in [0.717, 1.165) is 5.56 Å². The maximum absolute atomic E-state index is 11.6. The molecule has 0 aliphatic carbocycles. The molecule has 28 heavy (non-hydrogen) atoms. The van der Waals surface area contributed by atoms with Crippen molar-refractivity contribution in [1.29, 1.82) is 0 Å². The van der Waals surface area contributed by atoms with Gasteiger partial charge in [-0.05, 0) is 30.3 Å². The lowest BCUT2D eigenvalue weighted by atomic mass is 10.0. The highest BCUT2D eigenvalue weighted by atomic mass is 32.2. The third kappa shape index (κ3) is 3.40. The number of aromatic nitrogens is 1. The molecule has 4 aromatic rings. The molecule has 4 rings (SSSR count). The first-order chi connectivity index (χ1) is 13.4. The maximum Gasteiger partial charge on any atom is 0.294 e. The van der Waals surface area contributed by atoms with Crippen molar-refractivity contribution in [1.82, 2.24) is 4.98 Å². The van der Waals surface area contributed by atoms with Gasteiger partial charge in [0.05, 0.1) is 21.9 Å². The normalized spacial score (nSPS) is 12.4. The topological polar surface area (TPSA) is 103 Å². The van der Waals surface area contributed by atoms with Crippen LogP contribution in [-0.4, -0.2) is 28.8 Å². The number of benzene rings is 3. The van der Waals surface area contributed by atoms with Gasteiger partial charge in [0.2, 0.25) is 0 Å². The monoisotopic (exact) mass is 392 g/mol. The summed E-state index contributed by atoms with van der Waals surface area (Å²) >= 11 is 0. The van der Waals surface area contributed by atoms with Gasteiger partial charge in [0.15, 0.2) is 5.88 Å². The van der Waals surface area contributed by atoms with E-state index in [0.29, 0.717) is 27.9 Å². The van der Waals surface area contributed by atoms with Crippen molar-refractivity contribution < 1.29 is 18.1 Å². The van der Waals surface area contributed by atoms with Crippen LogP contribution in [0.4, 0.5) is 5.69 Å². The first kappa shape index (κ1) is 18.0. The predicted octanol–water partition coefficient (Wildman–Crippen LogP) is 4.29. The van der Waals surface area contributed by atoms with Crippen molar-refractivity contribution in [2.24, 2.45) is 4.99 Å². The second-order valence-corrected chi connectivity index (χ2v) is 7.61. The van der Waals surface area contributed by atoms with Gasteiger partial charge in [0.25, 0.3) is 10.1 Å². The van der Waals surface area contributed by atoms with Crippen LogP contribution in [0.25, 0.3) is 10.9 Å². The van der Waals surface area contributed by atoms with Crippen LogP contribution >= 0.6 is 0 Å². The lowest BCUT2D eigenvalue weighted by Gasteiger charge is -2.08. The van der Waals surface area contributed by atoms with Gasteiger partial charge in [-0.3, -0.25) is 4.55 Å². The van der Waals surface area contributed by atoms with E-state index in [9.17, 15) is 18.1 Å². The number of rotatable bonds is 4. The van der Waals surface area contributed by atoms with Crippen LogP contribution in [-0.2, 0) is 10.1 Å². The average molecular weight is 392 g/mol. The fourth-order valence-corrected chi connectivity index (χ4v) is 3.56. The molecule has 1 heterocycles. The molecule has 0 spiro atoms. The summed E-state index contributed by atoms with van der Waals surface area (Å²) in [6.45, 7) is 0. The molecule has 7 heteroatoms. The van der Waals surface area contributed by atoms with Crippen LogP contribution < -0.4 is 0 Å². The number of nitrogens with zero attached hydrogens (tertiary/aromatic N) is 1. The van der Waals surface area contributed by atoms with E-state index in [2.05, 4.69) is 4.98 Å². The first-order valence-electron chi connectivity index (χ1n) is 8.45. The number of hydrogen-bond acceptors (Lipinski definition) is 4. The average Bonchev–Trinajstić information content (AvgIpc) is 3.02. The molecule has 0 bridgehead atoms. The molecule has 0 saturated carbocycles. The smallest absolute Gasteiger partial charge is 0.294 e. The standard InChI is InChI=1S/C21H16N2O4S/c24-21-19(17-13-16(28(25,26)27)11-12-18(17)23-21)20(14-7-3-1-4-8-14)22-15-9-5-2-6-10-15/h1-13,23-24H,(H,25,26,27). The largest absolute Gasteiger partial charge is 0.494 e. The molecule has 0 saturated heterocycles. The molecular formula is C21H16N2O4S. The van der Waals surface area contributed by atoms with Gasteiger partial charge in [0, 0.05) is 16.5 Å². The van der Waals surface area contributed by atoms with E-state index >= 15 is 0 Å². The Hall–Kier alpha value is -3.42. The first-order valence-corrected chi connectivity index (χ1v) is 9.89. The fourth-order valence-electron chi connectivity index (χ4n) is 3.05. The van der Waals surface area contributed by atoms with Gasteiger partial charge in [-0.1, -0.05) is 48.5 Å². The second kappa shape index (κ2) is 6.95. The summed E-state index contributed by atoms with van der Waals surface area (Å²) in [5.41, 5.74) is 2.79. The van der Waals surface area contributed by atoms with Gasteiger partial charge in [-0.15, -0.1) is 0 Å². The van der Waals surface area contributed by atoms with Gasteiger partial charge in [-0.2, -0.15) is 8.42 Å². The number of H-pyrrole nitrogens is 1. The highest BCUT2D eigenvalue weighted by Crippen LogP contribution is 2.32. The number of aromatic hydroxyl groups is 1. The SMILES string of the molecule is O=S(=O)(O)c1ccc2[nH]c(O)c(C(=Nc3ccccc3)c3ccccc3)c2c1. The van der Waals surface area contributed by atoms with Crippen molar-refractivity contribution >= 4 is 32.4 Å². The van der Waals surface area contributed by atoms with Crippen LogP contribution in [0.5, 0.6) is 5.88 Å². The zero-order valence-electron chi connectivity index (χ0n) is 14.6. The summed E-state index contributed by atoms with van der Waals surface area (Å²) < 4.78 is 32.6. The Balaban J connectivity index is 2.03. The number of nitrogens with one attached hydrogen (secondary N) is 1. The van der Waals surface area contributed by atoms with E-state index in [-0.39, 0.29) is 10.8 Å². The Bertz CT molecular complexity index is 1280. The highest BCUT2D eigenvalue weighted by Gasteiger charge is 2.20. The Labute approximate surface area is 161 Å². The van der Waals surface area contributed by atoms with E-state index in [1.165, 1.54) is 18.2 Å². The molecule has 3 aromatic carbocycles. The zero-order chi connectivity index (χ0) is 19.7. The summed E-state index contributed by atoms with van der Waals surface area (Å²) in [5.74, 6) is -0.138. The number of aromatic amines is 1. The third-order valence-electron chi connectivity index (χ3n) is 4.33. The van der Waals surface area contributed by atoms with Gasteiger partial charge in [-0.25, -0.2) is 4.99 Å². The van der Waals surface area contributed by atoms with Crippen LogP contribution in [0.1, 0.15) is 11.1 Å². The number of para-hydroxylation sites is 1.